The summed E-state index contributed by atoms with van der Waals surface area (Å²) in [5, 5.41) is 29.0. The largest absolute Gasteiger partial charge is 0.510 e. The second-order valence-corrected chi connectivity index (χ2v) is 6.15. The molecule has 2 aromatic rings. The number of carbonyl (C=O) groups excluding carboxylic acids is 3. The van der Waals surface area contributed by atoms with Gasteiger partial charge in [0.1, 0.15) is 11.4 Å². The molecule has 0 radical (unpaired) electrons. The van der Waals surface area contributed by atoms with E-state index in [9.17, 15) is 29.4 Å². The topological polar surface area (TPSA) is 164 Å². The van der Waals surface area contributed by atoms with Gasteiger partial charge in [-0.1, -0.05) is 12.1 Å². The maximum absolute atomic E-state index is 12.6. The fraction of sp³-hybridized carbons (Fsp3) is 0.143. The highest BCUT2D eigenvalue weighted by molar-refractivity contribution is 6.07. The number of aliphatic hydroxyl groups is 1. The van der Waals surface area contributed by atoms with Gasteiger partial charge in [0.25, 0.3) is 5.91 Å². The molecular weight excluding hydrogens is 422 g/mol. The number of amides is 1. The Kier molecular flexibility index (Phi) is 7.77. The van der Waals surface area contributed by atoms with E-state index in [1.54, 1.807) is 0 Å². The van der Waals surface area contributed by atoms with Crippen LogP contribution in [0.15, 0.2) is 64.1 Å². The number of methoxy groups -OCH3 is 2. The SMILES string of the molecule is COC(=O)c1ccc(C(=O)OC)c(N=N/C(C(=O)Nc2ccccc2C(=O)O)=C(\C)O)c1. The summed E-state index contributed by atoms with van der Waals surface area (Å²) in [7, 11) is 2.32. The lowest BCUT2D eigenvalue weighted by atomic mass is 10.1. The first-order valence-electron chi connectivity index (χ1n) is 8.95. The van der Waals surface area contributed by atoms with E-state index < -0.39 is 35.3 Å². The van der Waals surface area contributed by atoms with E-state index in [0.717, 1.165) is 7.11 Å². The molecule has 0 spiro atoms. The summed E-state index contributed by atoms with van der Waals surface area (Å²) >= 11 is 0. The molecule has 0 fully saturated rings. The van der Waals surface area contributed by atoms with Crippen LogP contribution in [0.25, 0.3) is 0 Å². The van der Waals surface area contributed by atoms with Gasteiger partial charge in [0.2, 0.25) is 0 Å². The minimum absolute atomic E-state index is 0.0260. The van der Waals surface area contributed by atoms with Crippen LogP contribution < -0.4 is 5.32 Å². The summed E-state index contributed by atoms with van der Waals surface area (Å²) in [6.07, 6.45) is 0. The summed E-state index contributed by atoms with van der Waals surface area (Å²) in [5.41, 5.74) is -0.884. The molecule has 32 heavy (non-hydrogen) atoms. The van der Waals surface area contributed by atoms with E-state index in [1.165, 1.54) is 56.5 Å². The Hall–Kier alpha value is -4.54. The summed E-state index contributed by atoms with van der Waals surface area (Å²) in [6.45, 7) is 1.17. The Morgan fingerprint density at radius 2 is 1.56 bits per heavy atom. The second-order valence-electron chi connectivity index (χ2n) is 6.15. The van der Waals surface area contributed by atoms with Gasteiger partial charge in [-0.05, 0) is 37.3 Å². The first-order chi connectivity index (χ1) is 15.2. The molecule has 2 rings (SSSR count). The number of hydrogen-bond donors (Lipinski definition) is 3. The average molecular weight is 441 g/mol. The molecule has 166 valence electrons. The van der Waals surface area contributed by atoms with E-state index in [1.807, 2.05) is 0 Å². The Labute approximate surface area is 182 Å². The Morgan fingerprint density at radius 1 is 0.906 bits per heavy atom. The molecular formula is C21H19N3O8. The van der Waals surface area contributed by atoms with Gasteiger partial charge in [-0.25, -0.2) is 14.4 Å². The van der Waals surface area contributed by atoms with E-state index in [0.29, 0.717) is 0 Å². The quantitative estimate of drug-likeness (QED) is 0.254. The van der Waals surface area contributed by atoms with Crippen LogP contribution in [0, 0.1) is 0 Å². The van der Waals surface area contributed by atoms with Crippen molar-refractivity contribution in [3.8, 4) is 0 Å². The standard InChI is InChI=1S/C21H19N3O8/c1-11(25)17(18(26)22-15-7-5-4-6-13(15)19(27)28)24-23-16-10-12(20(29)31-2)8-9-14(16)21(30)32-3/h4-10,25H,1-3H3,(H,22,26)(H,27,28)/b17-11+,24-23?. The van der Waals surface area contributed by atoms with Crippen LogP contribution in [0.4, 0.5) is 11.4 Å². The number of anilines is 1. The monoisotopic (exact) mass is 441 g/mol. The van der Waals surface area contributed by atoms with Crippen LogP contribution in [-0.4, -0.2) is 48.2 Å². The Bertz CT molecular complexity index is 1130. The molecule has 0 saturated carbocycles. The minimum Gasteiger partial charge on any atom is -0.510 e. The van der Waals surface area contributed by atoms with Crippen molar-refractivity contribution in [3.05, 3.63) is 70.6 Å². The molecule has 11 nitrogen and oxygen atoms in total. The lowest BCUT2D eigenvalue weighted by Gasteiger charge is -2.09. The van der Waals surface area contributed by atoms with Crippen LogP contribution in [0.3, 0.4) is 0 Å². The van der Waals surface area contributed by atoms with Gasteiger partial charge in [0.05, 0.1) is 36.6 Å². The molecule has 1 amide bonds. The van der Waals surface area contributed by atoms with Crippen molar-refractivity contribution in [2.24, 2.45) is 10.2 Å². The number of para-hydroxylation sites is 1. The van der Waals surface area contributed by atoms with Crippen molar-refractivity contribution in [2.45, 2.75) is 6.92 Å². The molecule has 0 aliphatic carbocycles. The molecule has 0 aliphatic heterocycles. The molecule has 0 aromatic heterocycles. The van der Waals surface area contributed by atoms with Gasteiger partial charge >= 0.3 is 17.9 Å². The third-order valence-electron chi connectivity index (χ3n) is 4.05. The highest BCUT2D eigenvalue weighted by Crippen LogP contribution is 2.25. The number of carboxylic acids is 1. The third kappa shape index (κ3) is 5.53. The Balaban J connectivity index is 2.44. The highest BCUT2D eigenvalue weighted by Gasteiger charge is 2.19. The predicted octanol–water partition coefficient (Wildman–Crippen LogP) is 3.47. The fourth-order valence-electron chi connectivity index (χ4n) is 2.49. The van der Waals surface area contributed by atoms with Crippen LogP contribution >= 0.6 is 0 Å². The maximum atomic E-state index is 12.6. The van der Waals surface area contributed by atoms with Crippen molar-refractivity contribution < 1.29 is 38.9 Å². The fourth-order valence-corrected chi connectivity index (χ4v) is 2.49. The molecule has 0 saturated heterocycles. The van der Waals surface area contributed by atoms with Gasteiger partial charge in [-0.3, -0.25) is 4.79 Å². The number of aromatic carboxylic acids is 1. The smallest absolute Gasteiger partial charge is 0.340 e. The third-order valence-corrected chi connectivity index (χ3v) is 4.05. The molecule has 0 aliphatic rings. The van der Waals surface area contributed by atoms with Crippen LogP contribution in [0.1, 0.15) is 38.0 Å². The summed E-state index contributed by atoms with van der Waals surface area (Å²) in [5.74, 6) is -4.22. The molecule has 2 aromatic carbocycles. The van der Waals surface area contributed by atoms with E-state index in [4.69, 9.17) is 0 Å². The highest BCUT2D eigenvalue weighted by atomic mass is 16.5. The van der Waals surface area contributed by atoms with E-state index in [-0.39, 0.29) is 28.1 Å². The number of ether oxygens (including phenoxy) is 2. The number of esters is 2. The van der Waals surface area contributed by atoms with Gasteiger partial charge < -0.3 is 25.0 Å². The lowest BCUT2D eigenvalue weighted by Crippen LogP contribution is -2.17. The zero-order valence-electron chi connectivity index (χ0n) is 17.3. The Morgan fingerprint density at radius 3 is 2.16 bits per heavy atom. The number of carbonyl (C=O) groups is 4. The number of aliphatic hydroxyl groups excluding tert-OH is 1. The lowest BCUT2D eigenvalue weighted by molar-refractivity contribution is -0.113. The van der Waals surface area contributed by atoms with E-state index >= 15 is 0 Å². The van der Waals surface area contributed by atoms with Crippen molar-refractivity contribution in [2.75, 3.05) is 19.5 Å². The number of allylic oxidation sites excluding steroid dienone is 1. The number of azo groups is 1. The minimum atomic E-state index is -1.27. The van der Waals surface area contributed by atoms with Gasteiger partial charge in [-0.2, -0.15) is 0 Å². The van der Waals surface area contributed by atoms with Crippen molar-refractivity contribution in [1.29, 1.82) is 0 Å². The van der Waals surface area contributed by atoms with Gasteiger partial charge in [0, 0.05) is 0 Å². The maximum Gasteiger partial charge on any atom is 0.340 e. The predicted molar refractivity (Wildman–Crippen MR) is 111 cm³/mol. The summed E-state index contributed by atoms with van der Waals surface area (Å²) in [6, 6.07) is 9.43. The second kappa shape index (κ2) is 10.5. The molecule has 0 atom stereocenters. The normalized spacial score (nSPS) is 11.5. The molecule has 0 bridgehead atoms. The zero-order valence-corrected chi connectivity index (χ0v) is 17.3. The van der Waals surface area contributed by atoms with Crippen LogP contribution in [0.5, 0.6) is 0 Å². The van der Waals surface area contributed by atoms with Gasteiger partial charge in [-0.15, -0.1) is 10.2 Å². The number of nitrogens with one attached hydrogen (secondary N) is 1. The zero-order chi connectivity index (χ0) is 23.8. The van der Waals surface area contributed by atoms with E-state index in [2.05, 4.69) is 25.0 Å². The molecule has 11 heteroatoms. The molecule has 3 N–H and O–H groups in total. The molecule has 0 heterocycles. The number of benzene rings is 2. The van der Waals surface area contributed by atoms with Crippen LogP contribution in [-0.2, 0) is 14.3 Å². The average Bonchev–Trinajstić information content (AvgIpc) is 2.77. The number of nitrogens with zero attached hydrogens (tertiary/aromatic N) is 2. The first-order valence-corrected chi connectivity index (χ1v) is 8.95. The van der Waals surface area contributed by atoms with Crippen molar-refractivity contribution >= 4 is 35.2 Å². The number of hydrogen-bond acceptors (Lipinski definition) is 9. The summed E-state index contributed by atoms with van der Waals surface area (Å²) < 4.78 is 9.29. The molecule has 0 unspecified atom stereocenters. The van der Waals surface area contributed by atoms with Crippen molar-refractivity contribution in [1.82, 2.24) is 0 Å². The first kappa shape index (κ1) is 23.7. The number of carboxylic acid groups (broad SMARTS) is 1. The van der Waals surface area contributed by atoms with Gasteiger partial charge in [0.15, 0.2) is 5.70 Å². The van der Waals surface area contributed by atoms with Crippen LogP contribution in [0.2, 0.25) is 0 Å². The number of rotatable bonds is 7. The van der Waals surface area contributed by atoms with Crippen molar-refractivity contribution in [3.63, 3.8) is 0 Å². The summed E-state index contributed by atoms with van der Waals surface area (Å²) in [4.78, 5) is 47.7.